The standard InChI is InChI=1S/C50H85O3P/c1-10-25-46-42(26-19-15-11-13-17-21-28-44-38-40(2)32-34-47(44)49(4,5)6)30-23-36-52-54(51)53-37-24-31-43(46)27-20-16-12-14-18-22-29-45-39-41(3)33-35-48(45)50(7,8)9/h32-35,38-39,42-43,46,51H,10-31,36-37H2,1-9H3. The lowest BCUT2D eigenvalue weighted by Gasteiger charge is -2.35. The first-order valence-corrected chi connectivity index (χ1v) is 23.9. The van der Waals surface area contributed by atoms with Crippen LogP contribution in [-0.4, -0.2) is 18.1 Å². The van der Waals surface area contributed by atoms with E-state index in [1.54, 1.807) is 11.1 Å². The lowest BCUT2D eigenvalue weighted by Crippen LogP contribution is -2.25. The molecule has 2 unspecified atom stereocenters. The molecule has 0 radical (unpaired) electrons. The second-order valence-electron chi connectivity index (χ2n) is 19.3. The second-order valence-corrected chi connectivity index (χ2v) is 20.3. The fourth-order valence-corrected chi connectivity index (χ4v) is 10.2. The number of benzene rings is 2. The summed E-state index contributed by atoms with van der Waals surface area (Å²) < 4.78 is 11.4. The number of hydrogen-bond acceptors (Lipinski definition) is 3. The Balaban J connectivity index is 1.46. The number of aryl methyl sites for hydroxylation is 4. The minimum absolute atomic E-state index is 0.213. The maximum atomic E-state index is 10.3. The van der Waals surface area contributed by atoms with E-state index < -0.39 is 8.60 Å². The summed E-state index contributed by atoms with van der Waals surface area (Å²) in [5.41, 5.74) is 9.39. The summed E-state index contributed by atoms with van der Waals surface area (Å²) in [4.78, 5) is 10.3. The molecule has 2 aromatic rings. The van der Waals surface area contributed by atoms with Crippen LogP contribution in [0.1, 0.15) is 210 Å². The number of rotatable bonds is 20. The van der Waals surface area contributed by atoms with Crippen molar-refractivity contribution in [2.24, 2.45) is 17.8 Å². The van der Waals surface area contributed by atoms with Crippen LogP contribution < -0.4 is 0 Å². The molecule has 1 heterocycles. The van der Waals surface area contributed by atoms with Crippen molar-refractivity contribution >= 4 is 8.60 Å². The summed E-state index contributed by atoms with van der Waals surface area (Å²) in [6, 6.07) is 14.2. The third kappa shape index (κ3) is 17.9. The fourth-order valence-electron chi connectivity index (χ4n) is 9.53. The van der Waals surface area contributed by atoms with Crippen molar-refractivity contribution in [3.8, 4) is 0 Å². The molecule has 4 heteroatoms. The summed E-state index contributed by atoms with van der Waals surface area (Å²) in [6.07, 6.45) is 28.5. The Bertz CT molecular complexity index is 1190. The van der Waals surface area contributed by atoms with Gasteiger partial charge in [-0.2, -0.15) is 0 Å². The van der Waals surface area contributed by atoms with Crippen LogP contribution >= 0.6 is 8.60 Å². The lowest BCUT2D eigenvalue weighted by atomic mass is 9.71. The number of hydrogen-bond donors (Lipinski definition) is 1. The van der Waals surface area contributed by atoms with Crippen molar-refractivity contribution in [2.45, 2.75) is 214 Å². The van der Waals surface area contributed by atoms with E-state index in [4.69, 9.17) is 9.05 Å². The van der Waals surface area contributed by atoms with Gasteiger partial charge < -0.3 is 13.9 Å². The van der Waals surface area contributed by atoms with Gasteiger partial charge >= 0.3 is 8.60 Å². The van der Waals surface area contributed by atoms with Crippen molar-refractivity contribution in [2.75, 3.05) is 13.2 Å². The van der Waals surface area contributed by atoms with Crippen molar-refractivity contribution in [3.05, 3.63) is 69.8 Å². The summed E-state index contributed by atoms with van der Waals surface area (Å²) in [7, 11) is -1.72. The molecule has 0 amide bonds. The molecule has 1 aliphatic heterocycles. The maximum absolute atomic E-state index is 10.3. The van der Waals surface area contributed by atoms with Gasteiger partial charge in [0.25, 0.3) is 0 Å². The van der Waals surface area contributed by atoms with Crippen LogP contribution in [0.2, 0.25) is 0 Å². The first kappa shape index (κ1) is 47.1. The van der Waals surface area contributed by atoms with E-state index in [1.807, 2.05) is 0 Å². The third-order valence-corrected chi connectivity index (χ3v) is 13.2. The van der Waals surface area contributed by atoms with Crippen LogP contribution in [0.4, 0.5) is 0 Å². The molecule has 2 atom stereocenters. The minimum Gasteiger partial charge on any atom is -0.328 e. The molecule has 54 heavy (non-hydrogen) atoms. The summed E-state index contributed by atoms with van der Waals surface area (Å²) >= 11 is 0. The first-order valence-electron chi connectivity index (χ1n) is 22.7. The molecule has 1 fully saturated rings. The van der Waals surface area contributed by atoms with Gasteiger partial charge in [0.05, 0.1) is 13.2 Å². The Kier molecular flexibility index (Phi) is 22.0. The molecule has 0 aromatic heterocycles. The van der Waals surface area contributed by atoms with Gasteiger partial charge in [0.15, 0.2) is 0 Å². The van der Waals surface area contributed by atoms with Crippen molar-refractivity contribution in [3.63, 3.8) is 0 Å². The Morgan fingerprint density at radius 2 is 0.963 bits per heavy atom. The van der Waals surface area contributed by atoms with E-state index >= 15 is 0 Å². The van der Waals surface area contributed by atoms with Crippen molar-refractivity contribution < 1.29 is 13.9 Å². The highest BCUT2D eigenvalue weighted by atomic mass is 31.2. The topological polar surface area (TPSA) is 38.7 Å². The molecule has 1 N–H and O–H groups in total. The highest BCUT2D eigenvalue weighted by Gasteiger charge is 2.29. The van der Waals surface area contributed by atoms with E-state index in [9.17, 15) is 4.89 Å². The Morgan fingerprint density at radius 3 is 1.35 bits per heavy atom. The second kappa shape index (κ2) is 25.2. The Morgan fingerprint density at radius 1 is 0.574 bits per heavy atom. The molecule has 2 aromatic carbocycles. The molecule has 0 aliphatic carbocycles. The van der Waals surface area contributed by atoms with Crippen LogP contribution in [0.3, 0.4) is 0 Å². The third-order valence-electron chi connectivity index (χ3n) is 12.4. The molecule has 0 bridgehead atoms. The SMILES string of the molecule is CCCC1C(CCCCCCCCc2cc(C)ccc2C(C)(C)C)CCCOP(O)OCCCC1CCCCCCCCc1cc(C)ccc1C(C)(C)C. The van der Waals surface area contributed by atoms with Gasteiger partial charge in [0.1, 0.15) is 0 Å². The molecule has 1 aliphatic rings. The van der Waals surface area contributed by atoms with Crippen molar-refractivity contribution in [1.29, 1.82) is 0 Å². The minimum atomic E-state index is -1.72. The van der Waals surface area contributed by atoms with Crippen LogP contribution in [-0.2, 0) is 32.7 Å². The molecule has 308 valence electrons. The molecule has 1 saturated heterocycles. The molecule has 0 saturated carbocycles. The van der Waals surface area contributed by atoms with Crippen LogP contribution in [0.5, 0.6) is 0 Å². The van der Waals surface area contributed by atoms with Crippen molar-refractivity contribution in [1.82, 2.24) is 0 Å². The summed E-state index contributed by atoms with van der Waals surface area (Å²) in [5.74, 6) is 2.36. The fraction of sp³-hybridized carbons (Fsp3) is 0.760. The highest BCUT2D eigenvalue weighted by Crippen LogP contribution is 2.41. The summed E-state index contributed by atoms with van der Waals surface area (Å²) in [6.45, 7) is 22.2. The smallest absolute Gasteiger partial charge is 0.328 e. The average Bonchev–Trinajstić information content (AvgIpc) is 3.10. The predicted octanol–water partition coefficient (Wildman–Crippen LogP) is 15.6. The Hall–Kier alpha value is -1.25. The average molecular weight is 765 g/mol. The molecule has 0 spiro atoms. The molecule has 3 rings (SSSR count). The van der Waals surface area contributed by atoms with Gasteiger partial charge in [0, 0.05) is 0 Å². The van der Waals surface area contributed by atoms with Gasteiger partial charge in [-0.3, -0.25) is 0 Å². The lowest BCUT2D eigenvalue weighted by molar-refractivity contribution is 0.129. The van der Waals surface area contributed by atoms with E-state index in [0.29, 0.717) is 13.2 Å². The van der Waals surface area contributed by atoms with E-state index in [-0.39, 0.29) is 10.8 Å². The van der Waals surface area contributed by atoms with Crippen LogP contribution in [0, 0.1) is 31.6 Å². The van der Waals surface area contributed by atoms with Crippen LogP contribution in [0.15, 0.2) is 36.4 Å². The number of unbranched alkanes of at least 4 members (excludes halogenated alkanes) is 10. The highest BCUT2D eigenvalue weighted by molar-refractivity contribution is 7.40. The van der Waals surface area contributed by atoms with Gasteiger partial charge in [0.2, 0.25) is 0 Å². The van der Waals surface area contributed by atoms with Crippen LogP contribution in [0.25, 0.3) is 0 Å². The normalized spacial score (nSPS) is 20.8. The van der Waals surface area contributed by atoms with E-state index in [2.05, 4.69) is 98.7 Å². The summed E-state index contributed by atoms with van der Waals surface area (Å²) in [5, 5.41) is 0. The first-order chi connectivity index (χ1) is 25.8. The molecular weight excluding hydrogens is 680 g/mol. The predicted molar refractivity (Wildman–Crippen MR) is 237 cm³/mol. The van der Waals surface area contributed by atoms with Gasteiger partial charge in [-0.15, -0.1) is 0 Å². The Labute approximate surface area is 336 Å². The zero-order valence-corrected chi connectivity index (χ0v) is 37.8. The largest absolute Gasteiger partial charge is 0.329 e. The van der Waals surface area contributed by atoms with E-state index in [0.717, 1.165) is 30.6 Å². The quantitative estimate of drug-likeness (QED) is 0.108. The zero-order valence-electron chi connectivity index (χ0n) is 36.9. The molecule has 3 nitrogen and oxygen atoms in total. The monoisotopic (exact) mass is 765 g/mol. The van der Waals surface area contributed by atoms with E-state index in [1.165, 1.54) is 151 Å². The zero-order chi connectivity index (χ0) is 39.4. The van der Waals surface area contributed by atoms with Gasteiger partial charge in [-0.25, -0.2) is 0 Å². The van der Waals surface area contributed by atoms with Gasteiger partial charge in [-0.1, -0.05) is 186 Å². The van der Waals surface area contributed by atoms with Gasteiger partial charge in [-0.05, 0) is 116 Å². The maximum Gasteiger partial charge on any atom is 0.329 e. The molecular formula is C50H85O3P.